The summed E-state index contributed by atoms with van der Waals surface area (Å²) >= 11 is 1.64. The molecule has 0 aliphatic carbocycles. The van der Waals surface area contributed by atoms with Gasteiger partial charge in [-0.3, -0.25) is 0 Å². The van der Waals surface area contributed by atoms with Crippen molar-refractivity contribution < 1.29 is 9.90 Å². The Bertz CT molecular complexity index is 491. The summed E-state index contributed by atoms with van der Waals surface area (Å²) in [7, 11) is 0. The number of hydrogen-bond acceptors (Lipinski definition) is 5. The van der Waals surface area contributed by atoms with E-state index in [4.69, 9.17) is 0 Å². The van der Waals surface area contributed by atoms with Crippen LogP contribution in [0.15, 0.2) is 24.3 Å². The van der Waals surface area contributed by atoms with Crippen molar-refractivity contribution in [2.75, 3.05) is 11.9 Å². The van der Waals surface area contributed by atoms with Gasteiger partial charge < -0.3 is 15.2 Å². The highest BCUT2D eigenvalue weighted by Gasteiger charge is 2.01. The number of aliphatic carboxylic acids is 1. The van der Waals surface area contributed by atoms with Gasteiger partial charge in [-0.15, -0.1) is 0 Å². The normalized spacial score (nSPS) is 10.7. The number of benzene rings is 1. The van der Waals surface area contributed by atoms with Crippen LogP contribution in [0.1, 0.15) is 25.7 Å². The van der Waals surface area contributed by atoms with Gasteiger partial charge in [0, 0.05) is 12.5 Å². The number of para-hydroxylation sites is 1. The minimum atomic E-state index is -0.964. The van der Waals surface area contributed by atoms with Gasteiger partial charge in [0.15, 0.2) is 5.13 Å². The molecule has 0 amide bonds. The third kappa shape index (κ3) is 3.70. The molecule has 1 aromatic carbocycles. The monoisotopic (exact) mass is 263 g/mol. The fourth-order valence-corrected chi connectivity index (χ4v) is 2.61. The summed E-state index contributed by atoms with van der Waals surface area (Å²) in [5.41, 5.74) is 1.02. The maximum Gasteiger partial charge on any atom is 0.183 e. The quantitative estimate of drug-likeness (QED) is 0.776. The van der Waals surface area contributed by atoms with Gasteiger partial charge in [-0.05, 0) is 31.4 Å². The van der Waals surface area contributed by atoms with Crippen LogP contribution in [0.3, 0.4) is 0 Å². The van der Waals surface area contributed by atoms with Crippen LogP contribution in [0.4, 0.5) is 5.13 Å². The van der Waals surface area contributed by atoms with Crippen molar-refractivity contribution in [1.29, 1.82) is 0 Å². The predicted octanol–water partition coefficient (Wildman–Crippen LogP) is 2.02. The van der Waals surface area contributed by atoms with Crippen molar-refractivity contribution in [3.8, 4) is 0 Å². The summed E-state index contributed by atoms with van der Waals surface area (Å²) in [5.74, 6) is -0.964. The Kier molecular flexibility index (Phi) is 4.52. The Hall–Kier alpha value is -1.62. The van der Waals surface area contributed by atoms with Gasteiger partial charge in [0.1, 0.15) is 0 Å². The molecule has 0 bridgehead atoms. The second kappa shape index (κ2) is 6.35. The first-order chi connectivity index (χ1) is 8.75. The average molecular weight is 263 g/mol. The number of nitrogens with zero attached hydrogens (tertiary/aromatic N) is 1. The molecule has 0 fully saturated rings. The number of carboxylic acids is 1. The first kappa shape index (κ1) is 12.8. The number of hydrogen-bond donors (Lipinski definition) is 1. The lowest BCUT2D eigenvalue weighted by Crippen LogP contribution is -2.21. The van der Waals surface area contributed by atoms with E-state index in [9.17, 15) is 9.90 Å². The van der Waals surface area contributed by atoms with E-state index in [1.165, 1.54) is 4.70 Å². The third-order valence-corrected chi connectivity index (χ3v) is 3.62. The Labute approximate surface area is 110 Å². The molecule has 4 nitrogen and oxygen atoms in total. The molecule has 2 aromatic rings. The summed E-state index contributed by atoms with van der Waals surface area (Å²) in [5, 5.41) is 14.4. The van der Waals surface area contributed by atoms with E-state index in [2.05, 4.69) is 16.4 Å². The molecule has 1 aromatic heterocycles. The van der Waals surface area contributed by atoms with E-state index in [1.807, 2.05) is 18.2 Å². The van der Waals surface area contributed by atoms with E-state index < -0.39 is 5.97 Å². The number of carboxylic acid groups (broad SMARTS) is 1. The zero-order valence-corrected chi connectivity index (χ0v) is 10.8. The maximum absolute atomic E-state index is 10.2. The summed E-state index contributed by atoms with van der Waals surface area (Å²) in [6.45, 7) is 0.826. The fourth-order valence-electron chi connectivity index (χ4n) is 1.71. The summed E-state index contributed by atoms with van der Waals surface area (Å²) in [6, 6.07) is 8.03. The van der Waals surface area contributed by atoms with Crippen molar-refractivity contribution in [2.45, 2.75) is 25.7 Å². The molecular weight excluding hydrogens is 248 g/mol. The van der Waals surface area contributed by atoms with Crippen LogP contribution >= 0.6 is 11.3 Å². The topological polar surface area (TPSA) is 65.0 Å². The van der Waals surface area contributed by atoms with Gasteiger partial charge in [0.05, 0.1) is 10.2 Å². The van der Waals surface area contributed by atoms with E-state index in [0.717, 1.165) is 30.0 Å². The highest BCUT2D eigenvalue weighted by molar-refractivity contribution is 7.22. The molecule has 96 valence electrons. The number of carbonyl (C=O) groups excluding carboxylic acids is 1. The highest BCUT2D eigenvalue weighted by Crippen LogP contribution is 2.25. The Morgan fingerprint density at radius 1 is 1.28 bits per heavy atom. The van der Waals surface area contributed by atoms with E-state index >= 15 is 0 Å². The van der Waals surface area contributed by atoms with E-state index in [0.29, 0.717) is 6.42 Å². The van der Waals surface area contributed by atoms with Crippen LogP contribution in [-0.2, 0) is 4.79 Å². The number of fused-ring (bicyclic) bond motifs is 1. The molecule has 0 atom stereocenters. The zero-order valence-electron chi connectivity index (χ0n) is 10.0. The zero-order chi connectivity index (χ0) is 12.8. The molecule has 0 aliphatic rings. The SMILES string of the molecule is O=C([O-])CCCCCNc1nc2ccccc2s1. The van der Waals surface area contributed by atoms with Crippen molar-refractivity contribution >= 4 is 32.7 Å². The molecule has 1 N–H and O–H groups in total. The molecule has 1 heterocycles. The minimum absolute atomic E-state index is 0.154. The van der Waals surface area contributed by atoms with Gasteiger partial charge >= 0.3 is 0 Å². The molecule has 5 heteroatoms. The van der Waals surface area contributed by atoms with Crippen molar-refractivity contribution in [2.24, 2.45) is 0 Å². The first-order valence-corrected chi connectivity index (χ1v) is 6.86. The summed E-state index contributed by atoms with van der Waals surface area (Å²) in [4.78, 5) is 14.7. The molecule has 0 saturated carbocycles. The van der Waals surface area contributed by atoms with Crippen molar-refractivity contribution in [3.63, 3.8) is 0 Å². The molecule has 2 rings (SSSR count). The Morgan fingerprint density at radius 3 is 2.89 bits per heavy atom. The maximum atomic E-state index is 10.2. The van der Waals surface area contributed by atoms with Gasteiger partial charge in [-0.25, -0.2) is 4.98 Å². The lowest BCUT2D eigenvalue weighted by molar-refractivity contribution is -0.305. The average Bonchev–Trinajstić information content (AvgIpc) is 2.75. The van der Waals surface area contributed by atoms with Crippen LogP contribution in [0, 0.1) is 0 Å². The number of anilines is 1. The summed E-state index contributed by atoms with van der Waals surface area (Å²) in [6.07, 6.45) is 2.68. The summed E-state index contributed by atoms with van der Waals surface area (Å²) < 4.78 is 1.18. The molecule has 0 radical (unpaired) electrons. The van der Waals surface area contributed by atoms with Crippen molar-refractivity contribution in [1.82, 2.24) is 4.98 Å². The van der Waals surface area contributed by atoms with Gasteiger partial charge in [-0.2, -0.15) is 0 Å². The molecular formula is C13H15N2O2S-. The van der Waals surface area contributed by atoms with Crippen LogP contribution in [0.5, 0.6) is 0 Å². The Morgan fingerprint density at radius 2 is 2.11 bits per heavy atom. The van der Waals surface area contributed by atoms with Crippen LogP contribution in [-0.4, -0.2) is 17.5 Å². The third-order valence-electron chi connectivity index (χ3n) is 2.63. The minimum Gasteiger partial charge on any atom is -0.550 e. The van der Waals surface area contributed by atoms with Crippen LogP contribution in [0.25, 0.3) is 10.2 Å². The number of aromatic nitrogens is 1. The Balaban J connectivity index is 1.72. The van der Waals surface area contributed by atoms with Gasteiger partial charge in [-0.1, -0.05) is 29.9 Å². The fraction of sp³-hybridized carbons (Fsp3) is 0.385. The van der Waals surface area contributed by atoms with Crippen molar-refractivity contribution in [3.05, 3.63) is 24.3 Å². The van der Waals surface area contributed by atoms with Gasteiger partial charge in [0.2, 0.25) is 0 Å². The highest BCUT2D eigenvalue weighted by atomic mass is 32.1. The lowest BCUT2D eigenvalue weighted by atomic mass is 10.2. The lowest BCUT2D eigenvalue weighted by Gasteiger charge is -2.03. The van der Waals surface area contributed by atoms with Crippen LogP contribution in [0.2, 0.25) is 0 Å². The number of thiazole rings is 1. The second-order valence-corrected chi connectivity index (χ2v) is 5.13. The smallest absolute Gasteiger partial charge is 0.183 e. The first-order valence-electron chi connectivity index (χ1n) is 6.05. The van der Waals surface area contributed by atoms with E-state index in [-0.39, 0.29) is 6.42 Å². The molecule has 0 aliphatic heterocycles. The molecule has 0 spiro atoms. The van der Waals surface area contributed by atoms with Gasteiger partial charge in [0.25, 0.3) is 0 Å². The number of unbranched alkanes of at least 4 members (excludes halogenated alkanes) is 2. The predicted molar refractivity (Wildman–Crippen MR) is 71.6 cm³/mol. The van der Waals surface area contributed by atoms with E-state index in [1.54, 1.807) is 11.3 Å². The number of nitrogens with one attached hydrogen (secondary N) is 1. The molecule has 0 saturated heterocycles. The molecule has 0 unspecified atom stereocenters. The number of rotatable bonds is 7. The molecule has 18 heavy (non-hydrogen) atoms. The van der Waals surface area contributed by atoms with Crippen LogP contribution < -0.4 is 10.4 Å². The number of carbonyl (C=O) groups is 1. The standard InChI is InChI=1S/C13H16N2O2S/c16-12(17)8-2-1-5-9-14-13-15-10-6-3-4-7-11(10)18-13/h3-4,6-7H,1-2,5,8-9H2,(H,14,15)(H,16,17)/p-1. The largest absolute Gasteiger partial charge is 0.550 e. The second-order valence-electron chi connectivity index (χ2n) is 4.10.